The topological polar surface area (TPSA) is 0 Å². The molecule has 2 unspecified atom stereocenters. The van der Waals surface area contributed by atoms with Gasteiger partial charge in [-0.3, -0.25) is 0 Å². The Balaban J connectivity index is 3.52. The minimum atomic E-state index is 0.450. The zero-order valence-electron chi connectivity index (χ0n) is 17.5. The first-order chi connectivity index (χ1) is 12.2. The van der Waals surface area contributed by atoms with Crippen molar-refractivity contribution in [2.24, 2.45) is 11.8 Å². The van der Waals surface area contributed by atoms with Crippen LogP contribution in [0.15, 0.2) is 0 Å². The number of hydrogen-bond donors (Lipinski definition) is 0. The lowest BCUT2D eigenvalue weighted by atomic mass is 9.97. The van der Waals surface area contributed by atoms with Crippen LogP contribution >= 0.6 is 0 Å². The van der Waals surface area contributed by atoms with Gasteiger partial charge >= 0.3 is 0 Å². The van der Waals surface area contributed by atoms with Crippen molar-refractivity contribution in [3.8, 4) is 24.2 Å². The van der Waals surface area contributed by atoms with Crippen LogP contribution in [0.3, 0.4) is 0 Å². The molecule has 0 bridgehead atoms. The highest BCUT2D eigenvalue weighted by molar-refractivity contribution is 5.03. The van der Waals surface area contributed by atoms with Gasteiger partial charge < -0.3 is 0 Å². The molecule has 0 radical (unpaired) electrons. The summed E-state index contributed by atoms with van der Waals surface area (Å²) in [5.74, 6) is 10.9. The molecule has 0 aromatic heterocycles. The molecule has 0 fully saturated rings. The molecule has 0 aromatic rings. The van der Waals surface area contributed by atoms with E-state index in [2.05, 4.69) is 38.5 Å². The highest BCUT2D eigenvalue weighted by Gasteiger charge is 2.02. The van der Waals surface area contributed by atoms with Crippen LogP contribution in [-0.4, -0.2) is 0 Å². The number of terminal acetylenes is 1. The van der Waals surface area contributed by atoms with Gasteiger partial charge in [-0.1, -0.05) is 97.3 Å². The molecule has 0 aliphatic carbocycles. The fourth-order valence-electron chi connectivity index (χ4n) is 3.22. The molecule has 0 nitrogen and oxygen atoms in total. The average Bonchev–Trinajstić information content (AvgIpc) is 2.63. The van der Waals surface area contributed by atoms with Crippen molar-refractivity contribution in [1.29, 1.82) is 0 Å². The maximum Gasteiger partial charge on any atom is 0.0200 e. The SMILES string of the molecule is C#CC(C)CCCCCCC(C#CCCCCCCCCCC)CC. The van der Waals surface area contributed by atoms with Gasteiger partial charge in [-0.25, -0.2) is 0 Å². The molecule has 0 aliphatic heterocycles. The molecule has 0 rings (SSSR count). The van der Waals surface area contributed by atoms with Crippen LogP contribution in [0.5, 0.6) is 0 Å². The molecular formula is C25H44. The molecular weight excluding hydrogens is 300 g/mol. The van der Waals surface area contributed by atoms with E-state index in [1.54, 1.807) is 0 Å². The van der Waals surface area contributed by atoms with Crippen LogP contribution in [0.25, 0.3) is 0 Å². The lowest BCUT2D eigenvalue weighted by Crippen LogP contribution is -1.96. The van der Waals surface area contributed by atoms with E-state index in [9.17, 15) is 0 Å². The molecule has 25 heavy (non-hydrogen) atoms. The van der Waals surface area contributed by atoms with Crippen molar-refractivity contribution in [3.63, 3.8) is 0 Å². The average molecular weight is 345 g/mol. The lowest BCUT2D eigenvalue weighted by Gasteiger charge is -2.08. The van der Waals surface area contributed by atoms with Crippen LogP contribution in [0.1, 0.15) is 124 Å². The molecule has 0 aromatic carbocycles. The highest BCUT2D eigenvalue weighted by atomic mass is 14.1. The van der Waals surface area contributed by atoms with Gasteiger partial charge in [0.1, 0.15) is 0 Å². The summed E-state index contributed by atoms with van der Waals surface area (Å²) in [6.07, 6.45) is 26.6. The second-order valence-corrected chi connectivity index (χ2v) is 7.71. The molecule has 0 aliphatic rings. The molecule has 0 saturated carbocycles. The van der Waals surface area contributed by atoms with E-state index in [0.29, 0.717) is 11.8 Å². The minimum absolute atomic E-state index is 0.450. The second-order valence-electron chi connectivity index (χ2n) is 7.71. The second kappa shape index (κ2) is 19.4. The van der Waals surface area contributed by atoms with Gasteiger partial charge in [0.05, 0.1) is 0 Å². The van der Waals surface area contributed by atoms with Gasteiger partial charge in [0.2, 0.25) is 0 Å². The summed E-state index contributed by atoms with van der Waals surface area (Å²) in [6, 6.07) is 0. The Hall–Kier alpha value is -0.880. The zero-order valence-corrected chi connectivity index (χ0v) is 17.5. The third-order valence-corrected chi connectivity index (χ3v) is 5.18. The van der Waals surface area contributed by atoms with Gasteiger partial charge in [-0.2, -0.15) is 0 Å². The molecule has 0 heteroatoms. The van der Waals surface area contributed by atoms with Crippen molar-refractivity contribution >= 4 is 0 Å². The van der Waals surface area contributed by atoms with Crippen molar-refractivity contribution in [2.75, 3.05) is 0 Å². The van der Waals surface area contributed by atoms with E-state index in [1.165, 1.54) is 96.3 Å². The lowest BCUT2D eigenvalue weighted by molar-refractivity contribution is 0.508. The molecule has 0 spiro atoms. The third kappa shape index (κ3) is 17.7. The first kappa shape index (κ1) is 24.1. The summed E-state index contributed by atoms with van der Waals surface area (Å²) in [5.41, 5.74) is 0. The first-order valence-corrected chi connectivity index (χ1v) is 11.2. The molecule has 0 saturated heterocycles. The first-order valence-electron chi connectivity index (χ1n) is 11.2. The quantitative estimate of drug-likeness (QED) is 0.196. The molecule has 0 heterocycles. The smallest absolute Gasteiger partial charge is 0.0200 e. The summed E-state index contributed by atoms with van der Waals surface area (Å²) in [4.78, 5) is 0. The van der Waals surface area contributed by atoms with Crippen molar-refractivity contribution in [1.82, 2.24) is 0 Å². The predicted octanol–water partition coefficient (Wildman–Crippen LogP) is 8.16. The van der Waals surface area contributed by atoms with E-state index < -0.39 is 0 Å². The van der Waals surface area contributed by atoms with Crippen LogP contribution in [-0.2, 0) is 0 Å². The van der Waals surface area contributed by atoms with Crippen LogP contribution in [0.4, 0.5) is 0 Å². The van der Waals surface area contributed by atoms with E-state index >= 15 is 0 Å². The fraction of sp³-hybridized carbons (Fsp3) is 0.840. The summed E-state index contributed by atoms with van der Waals surface area (Å²) < 4.78 is 0. The number of rotatable bonds is 16. The summed E-state index contributed by atoms with van der Waals surface area (Å²) in [6.45, 7) is 6.71. The molecule has 0 N–H and O–H groups in total. The van der Waals surface area contributed by atoms with Crippen LogP contribution in [0.2, 0.25) is 0 Å². The van der Waals surface area contributed by atoms with Gasteiger partial charge in [0.15, 0.2) is 0 Å². The summed E-state index contributed by atoms with van der Waals surface area (Å²) in [7, 11) is 0. The van der Waals surface area contributed by atoms with Gasteiger partial charge in [-0.15, -0.1) is 18.3 Å². The molecule has 0 amide bonds. The van der Waals surface area contributed by atoms with Crippen molar-refractivity contribution in [2.45, 2.75) is 124 Å². The highest BCUT2D eigenvalue weighted by Crippen LogP contribution is 2.16. The van der Waals surface area contributed by atoms with Crippen molar-refractivity contribution < 1.29 is 0 Å². The van der Waals surface area contributed by atoms with Gasteiger partial charge in [-0.05, 0) is 25.7 Å². The van der Waals surface area contributed by atoms with Gasteiger partial charge in [0, 0.05) is 18.3 Å². The summed E-state index contributed by atoms with van der Waals surface area (Å²) >= 11 is 0. The Morgan fingerprint density at radius 1 is 0.720 bits per heavy atom. The minimum Gasteiger partial charge on any atom is -0.120 e. The fourth-order valence-corrected chi connectivity index (χ4v) is 3.22. The van der Waals surface area contributed by atoms with Crippen LogP contribution < -0.4 is 0 Å². The maximum absolute atomic E-state index is 5.41. The van der Waals surface area contributed by atoms with E-state index in [4.69, 9.17) is 6.42 Å². The number of unbranched alkanes of at least 4 members (excludes halogenated alkanes) is 11. The number of hydrogen-bond acceptors (Lipinski definition) is 0. The Labute approximate surface area is 159 Å². The Morgan fingerprint density at radius 2 is 1.28 bits per heavy atom. The predicted molar refractivity (Wildman–Crippen MR) is 114 cm³/mol. The monoisotopic (exact) mass is 344 g/mol. The normalized spacial score (nSPS) is 12.9. The van der Waals surface area contributed by atoms with E-state index in [0.717, 1.165) is 6.42 Å². The summed E-state index contributed by atoms with van der Waals surface area (Å²) in [5, 5.41) is 0. The van der Waals surface area contributed by atoms with Crippen molar-refractivity contribution in [3.05, 3.63) is 0 Å². The Morgan fingerprint density at radius 3 is 1.88 bits per heavy atom. The molecule has 2 atom stereocenters. The largest absolute Gasteiger partial charge is 0.120 e. The van der Waals surface area contributed by atoms with Gasteiger partial charge in [0.25, 0.3) is 0 Å². The van der Waals surface area contributed by atoms with E-state index in [1.807, 2.05) is 0 Å². The molecule has 144 valence electrons. The maximum atomic E-state index is 5.41. The zero-order chi connectivity index (χ0) is 18.6. The Bertz CT molecular complexity index is 362. The Kier molecular flexibility index (Phi) is 18.8. The third-order valence-electron chi connectivity index (χ3n) is 5.18. The van der Waals surface area contributed by atoms with Crippen LogP contribution in [0, 0.1) is 36.0 Å². The standard InChI is InChI=1S/C25H44/c1-5-8-9-10-11-12-13-14-15-19-22-25(7-3)23-20-17-16-18-21-24(4)6-2/h2,24-25H,5,7-18,20-21,23H2,1,3-4H3. The van der Waals surface area contributed by atoms with E-state index in [-0.39, 0.29) is 0 Å².